The van der Waals surface area contributed by atoms with Crippen molar-refractivity contribution in [3.05, 3.63) is 153 Å². The molecule has 0 aromatic heterocycles. The third-order valence-electron chi connectivity index (χ3n) is 0. The Hall–Kier alpha value is -5.96. The molecule has 0 rings (SSSR count). The van der Waals surface area contributed by atoms with E-state index in [1.54, 1.807) is 0 Å². The van der Waals surface area contributed by atoms with Crippen LogP contribution in [0.5, 0.6) is 0 Å². The quantitative estimate of drug-likeness (QED) is 0.180. The Morgan fingerprint density at radius 2 is 0.190 bits per heavy atom. The molecule has 0 atom stereocenters. The van der Waals surface area contributed by atoms with Crippen LogP contribution in [0.3, 0.4) is 0 Å². The van der Waals surface area contributed by atoms with Crippen molar-refractivity contribution in [1.82, 2.24) is 0 Å². The molecule has 0 radical (unpaired) electrons. The van der Waals surface area contributed by atoms with Gasteiger partial charge in [0.1, 0.15) is 0 Å². The first-order valence-electron chi connectivity index (χ1n) is 5.48. The Kier molecular flexibility index (Phi) is 128. The third-order valence-corrected chi connectivity index (χ3v) is 0. The summed E-state index contributed by atoms with van der Waals surface area (Å²) in [4.78, 5) is 82.5. The van der Waals surface area contributed by atoms with Crippen LogP contribution in [0.2, 0.25) is 0 Å². The largest absolute Gasteiger partial charge is 0.356 e. The second-order valence-corrected chi connectivity index (χ2v) is 2.24. The molecule has 0 saturated heterocycles. The van der Waals surface area contributed by atoms with Crippen LogP contribution >= 0.6 is 0 Å². The van der Waals surface area contributed by atoms with Gasteiger partial charge in [0.15, 0.2) is 0 Å². The Morgan fingerprint density at radius 1 is 0.190 bits per heavy atom. The van der Waals surface area contributed by atoms with Crippen molar-refractivity contribution in [2.45, 2.75) is 0 Å². The zero-order valence-corrected chi connectivity index (χ0v) is 25.2. The Balaban J connectivity index is -0.0000000237. The second kappa shape index (κ2) is 70.3. The summed E-state index contributed by atoms with van der Waals surface area (Å²) in [5.41, 5.74) is 0. The summed E-state index contributed by atoms with van der Waals surface area (Å²) in [6.07, 6.45) is 0. The van der Waals surface area contributed by atoms with E-state index in [2.05, 4.69) is 0 Å². The monoisotopic (exact) mass is 1100 g/mol. The summed E-state index contributed by atoms with van der Waals surface area (Å²) in [7, 11) is 0. The van der Waals surface area contributed by atoms with Crippen LogP contribution in [-0.4, -0.2) is 50.9 Å². The van der Waals surface area contributed by atoms with Crippen LogP contribution in [-0.2, 0) is 0 Å². The molecule has 0 aliphatic rings. The summed E-state index contributed by atoms with van der Waals surface area (Å²) >= 11 is 0. The molecule has 0 aromatic carbocycles. The molecule has 0 aromatic rings. The minimum atomic E-state index is -1.75. The first-order valence-corrected chi connectivity index (χ1v) is 5.48. The fraction of sp³-hybridized carbons (Fsp3) is 0. The molecule has 0 N–H and O–H groups in total. The minimum absolute atomic E-state index is 0. The van der Waals surface area contributed by atoms with Crippen molar-refractivity contribution in [1.29, 1.82) is 0 Å². The van der Waals surface area contributed by atoms with Crippen molar-refractivity contribution in [2.75, 3.05) is 0 Å². The standard InChI is InChI=1S/10NO3.Pu.U/c10*2-1(3)4;;/q10*-1;;. The van der Waals surface area contributed by atoms with Gasteiger partial charge in [-0.3, -0.25) is 0 Å². The second-order valence-electron chi connectivity index (χ2n) is 2.24. The van der Waals surface area contributed by atoms with E-state index in [1.165, 1.54) is 0 Å². The van der Waals surface area contributed by atoms with Gasteiger partial charge < -0.3 is 153 Å². The number of hydrogen-bond acceptors (Lipinski definition) is 30. The maximum absolute atomic E-state index is 8.25. The van der Waals surface area contributed by atoms with Gasteiger partial charge in [-0.05, 0) is 0 Å². The Bertz CT molecular complexity index is 476. The molecule has 0 heterocycles. The van der Waals surface area contributed by atoms with E-state index in [1.807, 2.05) is 0 Å². The maximum Gasteiger partial charge on any atom is 0.0689 e. The minimum Gasteiger partial charge on any atom is -0.356 e. The van der Waals surface area contributed by atoms with Gasteiger partial charge in [-0.15, -0.1) is 0 Å². The molecule has 40 nitrogen and oxygen atoms in total. The van der Waals surface area contributed by atoms with Crippen LogP contribution in [0.4, 0.5) is 0 Å². The molecule has 0 amide bonds. The first-order chi connectivity index (χ1) is 17.3. The average molecular weight is 1100 g/mol. The van der Waals surface area contributed by atoms with E-state index in [4.69, 9.17) is 153 Å². The van der Waals surface area contributed by atoms with Gasteiger partial charge in [0.05, 0.1) is 50.9 Å². The van der Waals surface area contributed by atoms with E-state index >= 15 is 0 Å². The average Bonchev–Trinajstić information content (AvgIpc) is 2.47. The smallest absolute Gasteiger partial charge is 0.0689 e. The predicted molar refractivity (Wildman–Crippen MR) is 104 cm³/mol. The molecule has 250 valence electrons. The first kappa shape index (κ1) is 76.6. The molecular formula is N10O30PuU-10. The molecule has 0 saturated carbocycles. The van der Waals surface area contributed by atoms with E-state index in [0.717, 1.165) is 0 Å². The molecular weight excluding hydrogens is 1100 g/mol. The maximum atomic E-state index is 8.25. The van der Waals surface area contributed by atoms with E-state index < -0.39 is 50.9 Å². The zero-order valence-electron chi connectivity index (χ0n) is 17.6. The molecule has 0 aliphatic carbocycles. The fourth-order valence-electron chi connectivity index (χ4n) is 0. The van der Waals surface area contributed by atoms with E-state index in [-0.39, 0.29) is 60.3 Å². The Labute approximate surface area is 263 Å². The van der Waals surface area contributed by atoms with Crippen LogP contribution in [0, 0.1) is 214 Å². The van der Waals surface area contributed by atoms with Crippen molar-refractivity contribution >= 4 is 0 Å². The molecule has 0 bridgehead atoms. The Morgan fingerprint density at radius 3 is 0.190 bits per heavy atom. The van der Waals surface area contributed by atoms with Gasteiger partial charge in [0.2, 0.25) is 0 Å². The molecule has 0 unspecified atom stereocenters. The molecule has 0 fully saturated rings. The van der Waals surface area contributed by atoms with Gasteiger partial charge in [0, 0.05) is 60.3 Å². The van der Waals surface area contributed by atoms with Crippen molar-refractivity contribution in [2.24, 2.45) is 0 Å². The van der Waals surface area contributed by atoms with Gasteiger partial charge in [-0.1, -0.05) is 0 Å². The van der Waals surface area contributed by atoms with Gasteiger partial charge in [-0.2, -0.15) is 0 Å². The summed E-state index contributed by atoms with van der Waals surface area (Å²) in [6.45, 7) is 0. The van der Waals surface area contributed by atoms with Crippen LogP contribution in [0.25, 0.3) is 0 Å². The van der Waals surface area contributed by atoms with Crippen LogP contribution < -0.4 is 0 Å². The number of rotatable bonds is 0. The van der Waals surface area contributed by atoms with Crippen molar-refractivity contribution in [3.63, 3.8) is 0 Å². The molecule has 0 aliphatic heterocycles. The number of nitrogens with zero attached hydrogens (tertiary/aromatic N) is 10. The number of hydrogen-bond donors (Lipinski definition) is 0. The topological polar surface area (TPSA) is 662 Å². The molecule has 42 heavy (non-hydrogen) atoms. The zero-order chi connectivity index (χ0) is 35.8. The van der Waals surface area contributed by atoms with Gasteiger partial charge >= 0.3 is 0 Å². The summed E-state index contributed by atoms with van der Waals surface area (Å²) in [5, 5.41) is 148. The van der Waals surface area contributed by atoms with E-state index in [9.17, 15) is 0 Å². The summed E-state index contributed by atoms with van der Waals surface area (Å²) < 4.78 is 0. The van der Waals surface area contributed by atoms with Gasteiger partial charge in [-0.25, -0.2) is 0 Å². The SMILES string of the molecule is O=[N+]([O-])[O-].O=[N+]([O-])[O-].O=[N+]([O-])[O-].O=[N+]([O-])[O-].O=[N+]([O-])[O-].O=[N+]([O-])[O-].O=[N+]([O-])[O-].O=[N+]([O-])[O-].O=[N+]([O-])[O-].O=[N+]([O-])[O-].[Pu].[U]. The summed E-state index contributed by atoms with van der Waals surface area (Å²) in [6, 6.07) is 0. The predicted octanol–water partition coefficient (Wildman–Crippen LogP) is -2.39. The molecule has 0 spiro atoms. The van der Waals surface area contributed by atoms with Crippen LogP contribution in [0.15, 0.2) is 0 Å². The van der Waals surface area contributed by atoms with Crippen molar-refractivity contribution < 1.29 is 111 Å². The van der Waals surface area contributed by atoms with Crippen LogP contribution in [0.1, 0.15) is 0 Å². The van der Waals surface area contributed by atoms with Gasteiger partial charge in [0.25, 0.3) is 0 Å². The third kappa shape index (κ3) is 1050. The normalized spacial score (nSPS) is 5.71. The molecule has 42 heteroatoms. The van der Waals surface area contributed by atoms with E-state index in [0.29, 0.717) is 0 Å². The summed E-state index contributed by atoms with van der Waals surface area (Å²) in [5.74, 6) is 0. The van der Waals surface area contributed by atoms with Crippen molar-refractivity contribution in [3.8, 4) is 0 Å². The fourth-order valence-corrected chi connectivity index (χ4v) is 0.